The number of aromatic amines is 1. The first-order chi connectivity index (χ1) is 12.5. The topological polar surface area (TPSA) is 98.4 Å². The van der Waals surface area contributed by atoms with Gasteiger partial charge in [0.15, 0.2) is 15.6 Å². The second-order valence-corrected chi connectivity index (χ2v) is 8.11. The van der Waals surface area contributed by atoms with Gasteiger partial charge in [0.05, 0.1) is 17.2 Å². The number of rotatable bonds is 4. The molecule has 1 aromatic carbocycles. The first-order valence-electron chi connectivity index (χ1n) is 8.07. The lowest BCUT2D eigenvalue weighted by Crippen LogP contribution is -2.19. The largest absolute Gasteiger partial charge is 0.484 e. The molecule has 0 amide bonds. The van der Waals surface area contributed by atoms with E-state index in [4.69, 9.17) is 9.47 Å². The normalized spacial score (nSPS) is 13.7. The fourth-order valence-electron chi connectivity index (χ4n) is 2.86. The summed E-state index contributed by atoms with van der Waals surface area (Å²) in [5, 5.41) is 0.787. The molecule has 0 spiro atoms. The molecule has 0 atom stereocenters. The number of hydrogen-bond acceptors (Lipinski definition) is 6. The van der Waals surface area contributed by atoms with Gasteiger partial charge in [-0.05, 0) is 29.7 Å². The molecule has 3 heterocycles. The molecule has 4 rings (SSSR count). The predicted octanol–water partition coefficient (Wildman–Crippen LogP) is 1.81. The monoisotopic (exact) mass is 372 g/mol. The van der Waals surface area contributed by atoms with Gasteiger partial charge in [-0.1, -0.05) is 18.2 Å². The van der Waals surface area contributed by atoms with Crippen LogP contribution in [-0.4, -0.2) is 31.6 Å². The van der Waals surface area contributed by atoms with Gasteiger partial charge in [-0.2, -0.15) is 0 Å². The molecule has 3 aromatic rings. The predicted molar refractivity (Wildman–Crippen MR) is 96.1 cm³/mol. The summed E-state index contributed by atoms with van der Waals surface area (Å²) in [5.74, 6) is 0.162. The van der Waals surface area contributed by atoms with Gasteiger partial charge < -0.3 is 14.5 Å². The van der Waals surface area contributed by atoms with E-state index in [-0.39, 0.29) is 17.1 Å². The van der Waals surface area contributed by atoms with E-state index in [0.717, 1.165) is 5.39 Å². The summed E-state index contributed by atoms with van der Waals surface area (Å²) in [6.45, 7) is 0.819. The van der Waals surface area contributed by atoms with E-state index in [1.165, 1.54) is 0 Å². The van der Waals surface area contributed by atoms with Crippen molar-refractivity contribution in [2.24, 2.45) is 0 Å². The molecule has 0 unspecified atom stereocenters. The number of nitrogens with zero attached hydrogens (tertiary/aromatic N) is 1. The van der Waals surface area contributed by atoms with Crippen molar-refractivity contribution in [1.29, 1.82) is 0 Å². The van der Waals surface area contributed by atoms with Crippen LogP contribution in [0.2, 0.25) is 0 Å². The maximum absolute atomic E-state index is 12.6. The zero-order valence-electron chi connectivity index (χ0n) is 13.8. The number of nitrogens with one attached hydrogen (secondary N) is 1. The second-order valence-electron chi connectivity index (χ2n) is 6.05. The van der Waals surface area contributed by atoms with Crippen LogP contribution < -0.4 is 15.0 Å². The Labute approximate surface area is 149 Å². The van der Waals surface area contributed by atoms with Crippen molar-refractivity contribution in [1.82, 2.24) is 9.97 Å². The molecule has 0 saturated heterocycles. The summed E-state index contributed by atoms with van der Waals surface area (Å²) in [6, 6.07) is 12.1. The van der Waals surface area contributed by atoms with Crippen LogP contribution in [0.5, 0.6) is 11.6 Å². The van der Waals surface area contributed by atoms with Crippen LogP contribution in [0.3, 0.4) is 0 Å². The molecule has 2 aromatic heterocycles. The van der Waals surface area contributed by atoms with E-state index >= 15 is 0 Å². The van der Waals surface area contributed by atoms with Crippen molar-refractivity contribution in [3.8, 4) is 11.6 Å². The number of ether oxygens (including phenoxy) is 2. The smallest absolute Gasteiger partial charge is 0.257 e. The molecular weight excluding hydrogens is 356 g/mol. The number of pyridine rings is 2. The lowest BCUT2D eigenvalue weighted by atomic mass is 10.2. The Hall–Kier alpha value is -2.87. The summed E-state index contributed by atoms with van der Waals surface area (Å²) < 4.78 is 35.9. The number of fused-ring (bicyclic) bond motifs is 2. The van der Waals surface area contributed by atoms with Crippen LogP contribution >= 0.6 is 0 Å². The van der Waals surface area contributed by atoms with Crippen LogP contribution in [0, 0.1) is 0 Å². The van der Waals surface area contributed by atoms with E-state index in [1.807, 2.05) is 18.2 Å². The van der Waals surface area contributed by atoms with E-state index in [0.29, 0.717) is 36.1 Å². The zero-order valence-corrected chi connectivity index (χ0v) is 14.6. The molecule has 0 saturated carbocycles. The number of para-hydroxylation sites is 1. The van der Waals surface area contributed by atoms with Crippen LogP contribution in [0.15, 0.2) is 47.3 Å². The summed E-state index contributed by atoms with van der Waals surface area (Å²) in [7, 11) is -3.58. The third-order valence-corrected chi connectivity index (χ3v) is 5.52. The van der Waals surface area contributed by atoms with Gasteiger partial charge in [-0.15, -0.1) is 0 Å². The molecule has 1 aliphatic heterocycles. The van der Waals surface area contributed by atoms with Gasteiger partial charge in [-0.25, -0.2) is 13.4 Å². The first-order valence-corrected chi connectivity index (χ1v) is 9.89. The van der Waals surface area contributed by atoms with Gasteiger partial charge in [0, 0.05) is 11.1 Å². The molecular formula is C18H16N2O5S. The highest BCUT2D eigenvalue weighted by Gasteiger charge is 2.19. The zero-order chi connectivity index (χ0) is 18.1. The second kappa shape index (κ2) is 6.45. The SMILES string of the molecule is O=c1[nH]c2ccccc2cc1CS(=O)(=O)Cc1ccc2c(n1)OCCO2. The van der Waals surface area contributed by atoms with Crippen molar-refractivity contribution in [2.45, 2.75) is 11.5 Å². The highest BCUT2D eigenvalue weighted by molar-refractivity contribution is 7.89. The lowest BCUT2D eigenvalue weighted by Gasteiger charge is -2.17. The quantitative estimate of drug-likeness (QED) is 0.750. The fraction of sp³-hybridized carbons (Fsp3) is 0.222. The number of hydrogen-bond donors (Lipinski definition) is 1. The first kappa shape index (κ1) is 16.6. The minimum atomic E-state index is -3.58. The van der Waals surface area contributed by atoms with Crippen molar-refractivity contribution < 1.29 is 17.9 Å². The maximum atomic E-state index is 12.6. The summed E-state index contributed by atoms with van der Waals surface area (Å²) in [6.07, 6.45) is 0. The average molecular weight is 372 g/mol. The lowest BCUT2D eigenvalue weighted by molar-refractivity contribution is 0.164. The standard InChI is InChI=1S/C18H16N2O5S/c21-17-13(9-12-3-1-2-4-15(12)20-17)10-26(22,23)11-14-5-6-16-18(19-14)25-8-7-24-16/h1-6,9H,7-8,10-11H2,(H,20,21). The van der Waals surface area contributed by atoms with Crippen LogP contribution in [0.4, 0.5) is 0 Å². The molecule has 0 radical (unpaired) electrons. The fourth-order valence-corrected chi connectivity index (χ4v) is 4.26. The van der Waals surface area contributed by atoms with E-state index in [9.17, 15) is 13.2 Å². The van der Waals surface area contributed by atoms with Crippen molar-refractivity contribution >= 4 is 20.7 Å². The Morgan fingerprint density at radius 2 is 1.85 bits per heavy atom. The molecule has 1 N–H and O–H groups in total. The molecule has 134 valence electrons. The van der Waals surface area contributed by atoms with Crippen molar-refractivity contribution in [3.05, 3.63) is 64.1 Å². The van der Waals surface area contributed by atoms with Gasteiger partial charge in [0.25, 0.3) is 11.4 Å². The summed E-state index contributed by atoms with van der Waals surface area (Å²) in [5.41, 5.74) is 0.835. The van der Waals surface area contributed by atoms with Crippen molar-refractivity contribution in [3.63, 3.8) is 0 Å². The Kier molecular flexibility index (Phi) is 4.12. The Balaban J connectivity index is 1.59. The summed E-state index contributed by atoms with van der Waals surface area (Å²) in [4.78, 5) is 19.1. The molecule has 8 heteroatoms. The van der Waals surface area contributed by atoms with E-state index < -0.39 is 15.4 Å². The average Bonchev–Trinajstić information content (AvgIpc) is 2.61. The molecule has 1 aliphatic rings. The number of aromatic nitrogens is 2. The van der Waals surface area contributed by atoms with Crippen LogP contribution in [0.1, 0.15) is 11.3 Å². The van der Waals surface area contributed by atoms with Gasteiger partial charge in [0.1, 0.15) is 13.2 Å². The minimum Gasteiger partial charge on any atom is -0.484 e. The minimum absolute atomic E-state index is 0.209. The van der Waals surface area contributed by atoms with Gasteiger partial charge in [-0.3, -0.25) is 4.79 Å². The molecule has 7 nitrogen and oxygen atoms in total. The van der Waals surface area contributed by atoms with E-state index in [2.05, 4.69) is 9.97 Å². The number of H-pyrrole nitrogens is 1. The molecule has 26 heavy (non-hydrogen) atoms. The Morgan fingerprint density at radius 3 is 2.73 bits per heavy atom. The van der Waals surface area contributed by atoms with Gasteiger partial charge in [0.2, 0.25) is 0 Å². The maximum Gasteiger partial charge on any atom is 0.257 e. The third-order valence-electron chi connectivity index (χ3n) is 4.04. The highest BCUT2D eigenvalue weighted by atomic mass is 32.2. The molecule has 0 aliphatic carbocycles. The number of benzene rings is 1. The Morgan fingerprint density at radius 1 is 1.04 bits per heavy atom. The number of sulfone groups is 1. The van der Waals surface area contributed by atoms with Gasteiger partial charge >= 0.3 is 0 Å². The van der Waals surface area contributed by atoms with E-state index in [1.54, 1.807) is 24.3 Å². The Bertz CT molecular complexity index is 1140. The summed E-state index contributed by atoms with van der Waals surface area (Å²) >= 11 is 0. The molecule has 0 bridgehead atoms. The van der Waals surface area contributed by atoms with Crippen LogP contribution in [0.25, 0.3) is 10.9 Å². The third kappa shape index (κ3) is 3.41. The van der Waals surface area contributed by atoms with Crippen molar-refractivity contribution in [2.75, 3.05) is 13.2 Å². The highest BCUT2D eigenvalue weighted by Crippen LogP contribution is 2.28. The van der Waals surface area contributed by atoms with Crippen LogP contribution in [-0.2, 0) is 21.3 Å². The molecule has 0 fully saturated rings.